The number of nitrogens with one attached hydrogen (secondary N) is 1. The first-order valence-electron chi connectivity index (χ1n) is 9.11. The molecule has 0 radical (unpaired) electrons. The van der Waals surface area contributed by atoms with Gasteiger partial charge in [0.1, 0.15) is 18.1 Å². The molecule has 0 saturated carbocycles. The predicted octanol–water partition coefficient (Wildman–Crippen LogP) is 5.05. The zero-order valence-electron chi connectivity index (χ0n) is 16.2. The van der Waals surface area contributed by atoms with Gasteiger partial charge in [0.2, 0.25) is 5.91 Å². The van der Waals surface area contributed by atoms with Gasteiger partial charge in [-0.3, -0.25) is 4.79 Å². The minimum absolute atomic E-state index is 0.0207. The second-order valence-corrected chi connectivity index (χ2v) is 7.58. The lowest BCUT2D eigenvalue weighted by molar-refractivity contribution is -0.121. The van der Waals surface area contributed by atoms with Crippen LogP contribution in [0, 0.1) is 13.8 Å². The summed E-state index contributed by atoms with van der Waals surface area (Å²) in [7, 11) is 0. The molecule has 1 N–H and O–H groups in total. The highest BCUT2D eigenvalue weighted by Gasteiger charge is 2.13. The van der Waals surface area contributed by atoms with Crippen molar-refractivity contribution in [1.82, 2.24) is 10.5 Å². The molecule has 0 aliphatic rings. The van der Waals surface area contributed by atoms with Crippen LogP contribution >= 0.6 is 15.9 Å². The van der Waals surface area contributed by atoms with E-state index in [4.69, 9.17) is 9.26 Å². The van der Waals surface area contributed by atoms with Crippen LogP contribution < -0.4 is 10.1 Å². The van der Waals surface area contributed by atoms with Crippen molar-refractivity contribution in [3.05, 3.63) is 81.1 Å². The quantitative estimate of drug-likeness (QED) is 0.555. The number of halogens is 1. The standard InChI is InChI=1S/C22H23BrN2O3/c1-14(19-6-4-5-7-21(19)23)24-22(26)12-17-8-10-18(11-9-17)27-13-20-15(2)25-28-16(20)3/h4-11,14H,12-13H2,1-3H3,(H,24,26). The summed E-state index contributed by atoms with van der Waals surface area (Å²) in [5.74, 6) is 1.49. The van der Waals surface area contributed by atoms with Crippen molar-refractivity contribution >= 4 is 21.8 Å². The van der Waals surface area contributed by atoms with Gasteiger partial charge in [-0.25, -0.2) is 0 Å². The van der Waals surface area contributed by atoms with Gasteiger partial charge in [0.25, 0.3) is 0 Å². The lowest BCUT2D eigenvalue weighted by atomic mass is 10.1. The molecule has 1 atom stereocenters. The van der Waals surface area contributed by atoms with Crippen molar-refractivity contribution in [1.29, 1.82) is 0 Å². The first kappa shape index (κ1) is 20.1. The Morgan fingerprint density at radius 3 is 2.54 bits per heavy atom. The van der Waals surface area contributed by atoms with Crippen molar-refractivity contribution < 1.29 is 14.1 Å². The maximum atomic E-state index is 12.4. The molecule has 0 bridgehead atoms. The van der Waals surface area contributed by atoms with E-state index in [1.54, 1.807) is 0 Å². The van der Waals surface area contributed by atoms with Crippen LogP contribution in [0.1, 0.15) is 41.1 Å². The average molecular weight is 443 g/mol. The monoisotopic (exact) mass is 442 g/mol. The molecule has 1 heterocycles. The number of aromatic nitrogens is 1. The third-order valence-corrected chi connectivity index (χ3v) is 5.32. The Morgan fingerprint density at radius 1 is 1.18 bits per heavy atom. The number of hydrogen-bond donors (Lipinski definition) is 1. The van der Waals surface area contributed by atoms with Crippen LogP contribution in [-0.4, -0.2) is 11.1 Å². The minimum atomic E-state index is -0.0688. The second-order valence-electron chi connectivity index (χ2n) is 6.72. The number of nitrogens with zero attached hydrogens (tertiary/aromatic N) is 1. The maximum Gasteiger partial charge on any atom is 0.224 e. The van der Waals surface area contributed by atoms with E-state index >= 15 is 0 Å². The molecule has 3 aromatic rings. The largest absolute Gasteiger partial charge is 0.489 e. The van der Waals surface area contributed by atoms with Crippen molar-refractivity contribution in [2.45, 2.75) is 39.8 Å². The molecule has 0 aliphatic heterocycles. The Hall–Kier alpha value is -2.60. The van der Waals surface area contributed by atoms with Gasteiger partial charge < -0.3 is 14.6 Å². The third kappa shape index (κ3) is 5.01. The highest BCUT2D eigenvalue weighted by atomic mass is 79.9. The van der Waals surface area contributed by atoms with E-state index in [2.05, 4.69) is 26.4 Å². The van der Waals surface area contributed by atoms with Crippen LogP contribution in [0.25, 0.3) is 0 Å². The summed E-state index contributed by atoms with van der Waals surface area (Å²) in [5, 5.41) is 6.96. The normalized spacial score (nSPS) is 11.9. The zero-order chi connectivity index (χ0) is 20.1. The summed E-state index contributed by atoms with van der Waals surface area (Å²) in [6.07, 6.45) is 0.318. The molecule has 0 saturated heterocycles. The predicted molar refractivity (Wildman–Crippen MR) is 111 cm³/mol. The molecule has 1 aromatic heterocycles. The van der Waals surface area contributed by atoms with E-state index in [-0.39, 0.29) is 11.9 Å². The van der Waals surface area contributed by atoms with Crippen molar-refractivity contribution in [2.75, 3.05) is 0 Å². The lowest BCUT2D eigenvalue weighted by Crippen LogP contribution is -2.28. The fraction of sp³-hybridized carbons (Fsp3) is 0.273. The summed E-state index contributed by atoms with van der Waals surface area (Å²) < 4.78 is 11.9. The number of amides is 1. The van der Waals surface area contributed by atoms with E-state index < -0.39 is 0 Å². The number of carbonyl (C=O) groups excluding carboxylic acids is 1. The number of rotatable bonds is 7. The molecule has 1 amide bonds. The smallest absolute Gasteiger partial charge is 0.224 e. The van der Waals surface area contributed by atoms with Crippen molar-refractivity contribution in [2.24, 2.45) is 0 Å². The lowest BCUT2D eigenvalue weighted by Gasteiger charge is -2.16. The van der Waals surface area contributed by atoms with Gasteiger partial charge >= 0.3 is 0 Å². The fourth-order valence-electron chi connectivity index (χ4n) is 2.95. The molecule has 3 rings (SSSR count). The van der Waals surface area contributed by atoms with E-state index in [0.29, 0.717) is 13.0 Å². The number of benzene rings is 2. The molecule has 5 nitrogen and oxygen atoms in total. The number of hydrogen-bond acceptors (Lipinski definition) is 4. The molecular formula is C22H23BrN2O3. The van der Waals surface area contributed by atoms with Crippen molar-refractivity contribution in [3.8, 4) is 5.75 Å². The number of aryl methyl sites for hydroxylation is 2. The molecule has 146 valence electrons. The fourth-order valence-corrected chi connectivity index (χ4v) is 3.58. The van der Waals surface area contributed by atoms with Crippen LogP contribution in [0.3, 0.4) is 0 Å². The molecule has 0 aliphatic carbocycles. The zero-order valence-corrected chi connectivity index (χ0v) is 17.7. The number of carbonyl (C=O) groups is 1. The third-order valence-electron chi connectivity index (χ3n) is 4.60. The van der Waals surface area contributed by atoms with E-state index in [9.17, 15) is 4.79 Å². The van der Waals surface area contributed by atoms with E-state index in [1.165, 1.54) is 0 Å². The Labute approximate surface area is 173 Å². The molecule has 0 fully saturated rings. The first-order valence-corrected chi connectivity index (χ1v) is 9.90. The summed E-state index contributed by atoms with van der Waals surface area (Å²) in [6, 6.07) is 15.4. The average Bonchev–Trinajstić information content (AvgIpc) is 2.99. The van der Waals surface area contributed by atoms with Gasteiger partial charge in [-0.2, -0.15) is 0 Å². The Balaban J connectivity index is 1.53. The topological polar surface area (TPSA) is 64.4 Å². The highest BCUT2D eigenvalue weighted by Crippen LogP contribution is 2.23. The molecule has 28 heavy (non-hydrogen) atoms. The van der Waals surface area contributed by atoms with Crippen molar-refractivity contribution in [3.63, 3.8) is 0 Å². The first-order chi connectivity index (χ1) is 13.4. The summed E-state index contributed by atoms with van der Waals surface area (Å²) in [4.78, 5) is 12.4. The van der Waals surface area contributed by atoms with Crippen LogP contribution in [0.2, 0.25) is 0 Å². The van der Waals surface area contributed by atoms with Gasteiger partial charge in [-0.05, 0) is 50.1 Å². The van der Waals surface area contributed by atoms with Crippen LogP contribution in [-0.2, 0) is 17.8 Å². The maximum absolute atomic E-state index is 12.4. The Morgan fingerprint density at radius 2 is 1.89 bits per heavy atom. The summed E-state index contributed by atoms with van der Waals surface area (Å²) in [5.41, 5.74) is 3.79. The minimum Gasteiger partial charge on any atom is -0.489 e. The van der Waals surface area contributed by atoms with Gasteiger partial charge in [0, 0.05) is 4.47 Å². The summed E-state index contributed by atoms with van der Waals surface area (Å²) >= 11 is 3.52. The highest BCUT2D eigenvalue weighted by molar-refractivity contribution is 9.10. The van der Waals surface area contributed by atoms with Crippen LogP contribution in [0.4, 0.5) is 0 Å². The number of ether oxygens (including phenoxy) is 1. The van der Waals surface area contributed by atoms with Gasteiger partial charge in [0.05, 0.1) is 23.7 Å². The van der Waals surface area contributed by atoms with Crippen LogP contribution in [0.15, 0.2) is 57.5 Å². The SMILES string of the molecule is Cc1noc(C)c1COc1ccc(CC(=O)NC(C)c2ccccc2Br)cc1. The molecule has 0 spiro atoms. The van der Waals surface area contributed by atoms with Gasteiger partial charge in [0.15, 0.2) is 0 Å². The Kier molecular flexibility index (Phi) is 6.52. The Bertz CT molecular complexity index is 931. The summed E-state index contributed by atoms with van der Waals surface area (Å²) in [6.45, 7) is 6.15. The van der Waals surface area contributed by atoms with E-state index in [1.807, 2.05) is 69.3 Å². The van der Waals surface area contributed by atoms with Gasteiger partial charge in [-0.15, -0.1) is 0 Å². The molecular weight excluding hydrogens is 420 g/mol. The second kappa shape index (κ2) is 9.06. The molecule has 1 unspecified atom stereocenters. The molecule has 6 heteroatoms. The van der Waals surface area contributed by atoms with Crippen LogP contribution in [0.5, 0.6) is 5.75 Å². The van der Waals surface area contributed by atoms with Gasteiger partial charge in [-0.1, -0.05) is 51.4 Å². The van der Waals surface area contributed by atoms with E-state index in [0.717, 1.165) is 38.4 Å². The molecule has 2 aromatic carbocycles.